The highest BCUT2D eigenvalue weighted by atomic mass is 79.9. The van der Waals surface area contributed by atoms with Crippen LogP contribution in [0.5, 0.6) is 0 Å². The maximum absolute atomic E-state index is 3.44. The molecule has 0 nitrogen and oxygen atoms in total. The first-order valence-electron chi connectivity index (χ1n) is 5.20. The molecule has 0 spiro atoms. The molecule has 17 heavy (non-hydrogen) atoms. The summed E-state index contributed by atoms with van der Waals surface area (Å²) in [5, 5.41) is 0. The molecule has 0 aliphatic rings. The average Bonchev–Trinajstić information content (AvgIpc) is 2.37. The summed E-state index contributed by atoms with van der Waals surface area (Å²) in [5.74, 6) is 6.40. The second-order valence-electron chi connectivity index (χ2n) is 3.46. The van der Waals surface area contributed by atoms with Gasteiger partial charge in [-0.2, -0.15) is 0 Å². The van der Waals surface area contributed by atoms with Gasteiger partial charge < -0.3 is 0 Å². The van der Waals surface area contributed by atoms with Crippen molar-refractivity contribution in [2.75, 3.05) is 6.26 Å². The van der Waals surface area contributed by atoms with Crippen molar-refractivity contribution in [1.29, 1.82) is 0 Å². The van der Waals surface area contributed by atoms with Gasteiger partial charge >= 0.3 is 0 Å². The molecule has 2 heteroatoms. The van der Waals surface area contributed by atoms with Crippen molar-refractivity contribution in [3.63, 3.8) is 0 Å². The number of thioether (sulfide) groups is 1. The first-order valence-corrected chi connectivity index (χ1v) is 7.22. The molecule has 0 radical (unpaired) electrons. The van der Waals surface area contributed by atoms with E-state index in [0.717, 1.165) is 15.6 Å². The van der Waals surface area contributed by atoms with Gasteiger partial charge in [0.05, 0.1) is 0 Å². The Kier molecular flexibility index (Phi) is 4.30. The summed E-state index contributed by atoms with van der Waals surface area (Å²) >= 11 is 5.17. The highest BCUT2D eigenvalue weighted by Crippen LogP contribution is 2.19. The molecule has 0 heterocycles. The van der Waals surface area contributed by atoms with E-state index >= 15 is 0 Å². The lowest BCUT2D eigenvalue weighted by molar-refractivity contribution is 1.42. The molecular weight excluding hydrogens is 292 g/mol. The molecule has 0 bridgehead atoms. The predicted molar refractivity (Wildman–Crippen MR) is 78.3 cm³/mol. The molecule has 0 aliphatic heterocycles. The standard InChI is InChI=1S/C15H11BrS/c1-17-15-8-3-2-6-13(15)10-9-12-5-4-7-14(16)11-12/h2-8,11H,1H3. The maximum atomic E-state index is 3.44. The minimum absolute atomic E-state index is 1.02. The van der Waals surface area contributed by atoms with Crippen molar-refractivity contribution in [1.82, 2.24) is 0 Å². The Morgan fingerprint density at radius 1 is 1.00 bits per heavy atom. The van der Waals surface area contributed by atoms with Crippen LogP contribution in [0.15, 0.2) is 57.9 Å². The Labute approximate surface area is 115 Å². The zero-order valence-electron chi connectivity index (χ0n) is 9.41. The van der Waals surface area contributed by atoms with E-state index in [9.17, 15) is 0 Å². The summed E-state index contributed by atoms with van der Waals surface area (Å²) in [5.41, 5.74) is 2.11. The van der Waals surface area contributed by atoms with Crippen LogP contribution in [-0.2, 0) is 0 Å². The first kappa shape index (κ1) is 12.3. The molecule has 0 fully saturated rings. The summed E-state index contributed by atoms with van der Waals surface area (Å²) in [6, 6.07) is 16.2. The third kappa shape index (κ3) is 3.39. The van der Waals surface area contributed by atoms with Gasteiger partial charge in [0.1, 0.15) is 0 Å². The van der Waals surface area contributed by atoms with Crippen LogP contribution in [0.1, 0.15) is 11.1 Å². The van der Waals surface area contributed by atoms with E-state index in [1.165, 1.54) is 4.90 Å². The van der Waals surface area contributed by atoms with E-state index in [-0.39, 0.29) is 0 Å². The van der Waals surface area contributed by atoms with E-state index in [4.69, 9.17) is 0 Å². The fourth-order valence-corrected chi connectivity index (χ4v) is 2.41. The van der Waals surface area contributed by atoms with Crippen molar-refractivity contribution in [2.24, 2.45) is 0 Å². The van der Waals surface area contributed by atoms with Gasteiger partial charge in [-0.05, 0) is 36.6 Å². The maximum Gasteiger partial charge on any atom is 0.0384 e. The smallest absolute Gasteiger partial charge is 0.0384 e. The van der Waals surface area contributed by atoms with Crippen LogP contribution in [0.2, 0.25) is 0 Å². The van der Waals surface area contributed by atoms with E-state index in [1.54, 1.807) is 11.8 Å². The molecule has 0 aliphatic carbocycles. The van der Waals surface area contributed by atoms with E-state index in [0.29, 0.717) is 0 Å². The number of hydrogen-bond donors (Lipinski definition) is 0. The number of halogens is 1. The predicted octanol–water partition coefficient (Wildman–Crippen LogP) is 4.57. The van der Waals surface area contributed by atoms with Crippen molar-refractivity contribution in [3.8, 4) is 11.8 Å². The molecule has 0 saturated heterocycles. The summed E-state index contributed by atoms with van der Waals surface area (Å²) in [4.78, 5) is 1.22. The van der Waals surface area contributed by atoms with Crippen molar-refractivity contribution in [3.05, 3.63) is 64.1 Å². The monoisotopic (exact) mass is 302 g/mol. The molecule has 0 amide bonds. The van der Waals surface area contributed by atoms with E-state index in [2.05, 4.69) is 46.2 Å². The SMILES string of the molecule is CSc1ccccc1C#Cc1cccc(Br)c1. The summed E-state index contributed by atoms with van der Waals surface area (Å²) in [6.45, 7) is 0. The van der Waals surface area contributed by atoms with Gasteiger partial charge in [-0.3, -0.25) is 0 Å². The van der Waals surface area contributed by atoms with Gasteiger partial charge in [-0.1, -0.05) is 46.0 Å². The molecule has 0 unspecified atom stereocenters. The Hall–Kier alpha value is -1.17. The lowest BCUT2D eigenvalue weighted by atomic mass is 10.2. The molecular formula is C15H11BrS. The van der Waals surface area contributed by atoms with Gasteiger partial charge in [0, 0.05) is 20.5 Å². The van der Waals surface area contributed by atoms with Crippen LogP contribution in [0.3, 0.4) is 0 Å². The van der Waals surface area contributed by atoms with Gasteiger partial charge in [-0.25, -0.2) is 0 Å². The summed E-state index contributed by atoms with van der Waals surface area (Å²) in [6.07, 6.45) is 2.07. The topological polar surface area (TPSA) is 0 Å². The summed E-state index contributed by atoms with van der Waals surface area (Å²) in [7, 11) is 0. The van der Waals surface area contributed by atoms with Gasteiger partial charge in [-0.15, -0.1) is 11.8 Å². The zero-order valence-corrected chi connectivity index (χ0v) is 11.8. The minimum Gasteiger partial charge on any atom is -0.128 e. The third-order valence-corrected chi connectivity index (χ3v) is 3.56. The van der Waals surface area contributed by atoms with Crippen LogP contribution in [0.4, 0.5) is 0 Å². The van der Waals surface area contributed by atoms with Gasteiger partial charge in [0.15, 0.2) is 0 Å². The van der Waals surface area contributed by atoms with Crippen molar-refractivity contribution in [2.45, 2.75) is 4.90 Å². The van der Waals surface area contributed by atoms with E-state index in [1.807, 2.05) is 36.4 Å². The quantitative estimate of drug-likeness (QED) is 0.549. The second-order valence-corrected chi connectivity index (χ2v) is 5.22. The normalized spacial score (nSPS) is 9.53. The molecule has 0 N–H and O–H groups in total. The molecule has 0 saturated carbocycles. The summed E-state index contributed by atoms with van der Waals surface area (Å²) < 4.78 is 1.06. The third-order valence-electron chi connectivity index (χ3n) is 2.27. The molecule has 2 aromatic carbocycles. The number of rotatable bonds is 1. The number of hydrogen-bond acceptors (Lipinski definition) is 1. The number of benzene rings is 2. The second kappa shape index (κ2) is 5.95. The van der Waals surface area contributed by atoms with Crippen LogP contribution in [0, 0.1) is 11.8 Å². The fraction of sp³-hybridized carbons (Fsp3) is 0.0667. The highest BCUT2D eigenvalue weighted by molar-refractivity contribution is 9.10. The van der Waals surface area contributed by atoms with Crippen LogP contribution in [0.25, 0.3) is 0 Å². The first-order chi connectivity index (χ1) is 8.29. The van der Waals surface area contributed by atoms with Gasteiger partial charge in [0.2, 0.25) is 0 Å². The minimum atomic E-state index is 1.02. The Morgan fingerprint density at radius 2 is 1.82 bits per heavy atom. The molecule has 2 rings (SSSR count). The van der Waals surface area contributed by atoms with Crippen LogP contribution < -0.4 is 0 Å². The molecule has 0 atom stereocenters. The Morgan fingerprint density at radius 3 is 2.59 bits per heavy atom. The lowest BCUT2D eigenvalue weighted by Gasteiger charge is -1.98. The molecule has 2 aromatic rings. The lowest BCUT2D eigenvalue weighted by Crippen LogP contribution is -1.80. The fourth-order valence-electron chi connectivity index (χ4n) is 1.45. The highest BCUT2D eigenvalue weighted by Gasteiger charge is 1.95. The van der Waals surface area contributed by atoms with Crippen LogP contribution in [-0.4, -0.2) is 6.26 Å². The Balaban J connectivity index is 2.33. The van der Waals surface area contributed by atoms with E-state index < -0.39 is 0 Å². The largest absolute Gasteiger partial charge is 0.128 e. The van der Waals surface area contributed by atoms with Crippen molar-refractivity contribution < 1.29 is 0 Å². The van der Waals surface area contributed by atoms with Crippen molar-refractivity contribution >= 4 is 27.7 Å². The molecule has 84 valence electrons. The average molecular weight is 303 g/mol. The Bertz CT molecular complexity index is 579. The van der Waals surface area contributed by atoms with Gasteiger partial charge in [0.25, 0.3) is 0 Å². The zero-order chi connectivity index (χ0) is 12.1. The van der Waals surface area contributed by atoms with Crippen LogP contribution >= 0.6 is 27.7 Å². The molecule has 0 aromatic heterocycles.